The van der Waals surface area contributed by atoms with E-state index in [0.29, 0.717) is 5.56 Å². The van der Waals surface area contributed by atoms with Crippen LogP contribution >= 0.6 is 11.6 Å². The number of carbonyl (C=O) groups is 1. The summed E-state index contributed by atoms with van der Waals surface area (Å²) >= 11 is 5.58. The second-order valence-corrected chi connectivity index (χ2v) is 3.57. The maximum Gasteiger partial charge on any atom is 0.311 e. The summed E-state index contributed by atoms with van der Waals surface area (Å²) in [6, 6.07) is 2.75. The zero-order valence-electron chi connectivity index (χ0n) is 9.25. The molecule has 3 nitrogen and oxygen atoms in total. The van der Waals surface area contributed by atoms with E-state index in [2.05, 4.69) is 4.98 Å². The quantitative estimate of drug-likeness (QED) is 0.606. The summed E-state index contributed by atoms with van der Waals surface area (Å²) in [5.41, 5.74) is 0.385. The van der Waals surface area contributed by atoms with Gasteiger partial charge in [0.1, 0.15) is 5.69 Å². The molecule has 6 heteroatoms. The molecule has 0 aliphatic rings. The number of nitrogens with zero attached hydrogens (tertiary/aromatic N) is 1. The third-order valence-electron chi connectivity index (χ3n) is 1.97. The number of alkyl halides is 3. The molecule has 1 heterocycles. The molecule has 0 aromatic carbocycles. The predicted octanol–water partition coefficient (Wildman–Crippen LogP) is 2.86. The molecule has 17 heavy (non-hydrogen) atoms. The SMILES string of the molecule is CCOC(=O)Cc1cc(CCl)cc(C(F)F)n1. The highest BCUT2D eigenvalue weighted by Gasteiger charge is 2.13. The number of carbonyl (C=O) groups excluding carboxylic acids is 1. The van der Waals surface area contributed by atoms with E-state index in [1.54, 1.807) is 6.92 Å². The number of pyridine rings is 1. The molecule has 0 saturated carbocycles. The molecule has 0 atom stereocenters. The Hall–Kier alpha value is -1.23. The van der Waals surface area contributed by atoms with Crippen LogP contribution in [0.4, 0.5) is 8.78 Å². The zero-order chi connectivity index (χ0) is 12.8. The lowest BCUT2D eigenvalue weighted by atomic mass is 10.2. The molecule has 0 aliphatic carbocycles. The maximum atomic E-state index is 12.5. The first-order valence-corrected chi connectivity index (χ1v) is 5.59. The van der Waals surface area contributed by atoms with Gasteiger partial charge in [0.2, 0.25) is 0 Å². The van der Waals surface area contributed by atoms with E-state index in [9.17, 15) is 13.6 Å². The van der Waals surface area contributed by atoms with Crippen molar-refractivity contribution in [2.24, 2.45) is 0 Å². The highest BCUT2D eigenvalue weighted by Crippen LogP contribution is 2.19. The Morgan fingerprint density at radius 3 is 2.76 bits per heavy atom. The normalized spacial score (nSPS) is 10.6. The van der Waals surface area contributed by atoms with Gasteiger partial charge in [0.25, 0.3) is 6.43 Å². The van der Waals surface area contributed by atoms with Gasteiger partial charge in [-0.05, 0) is 24.6 Å². The van der Waals surface area contributed by atoms with Gasteiger partial charge in [-0.15, -0.1) is 11.6 Å². The number of rotatable bonds is 5. The molecule has 1 aromatic rings. The molecular formula is C11H12ClF2NO2. The molecule has 1 aromatic heterocycles. The standard InChI is InChI=1S/C11H12ClF2NO2/c1-2-17-10(16)5-8-3-7(6-12)4-9(15-8)11(13)14/h3-4,11H,2,5-6H2,1H3. The van der Waals surface area contributed by atoms with Gasteiger partial charge in [0, 0.05) is 5.88 Å². The number of ether oxygens (including phenoxy) is 1. The molecule has 0 bridgehead atoms. The van der Waals surface area contributed by atoms with Crippen molar-refractivity contribution in [2.75, 3.05) is 6.61 Å². The van der Waals surface area contributed by atoms with E-state index >= 15 is 0 Å². The van der Waals surface area contributed by atoms with Crippen molar-refractivity contribution < 1.29 is 18.3 Å². The fourth-order valence-electron chi connectivity index (χ4n) is 1.32. The van der Waals surface area contributed by atoms with Gasteiger partial charge in [-0.3, -0.25) is 9.78 Å². The summed E-state index contributed by atoms with van der Waals surface area (Å²) in [5.74, 6) is -0.398. The van der Waals surface area contributed by atoms with Crippen LogP contribution < -0.4 is 0 Å². The second kappa shape index (κ2) is 6.49. The molecule has 0 N–H and O–H groups in total. The Morgan fingerprint density at radius 1 is 1.53 bits per heavy atom. The molecular weight excluding hydrogens is 252 g/mol. The fraction of sp³-hybridized carbons (Fsp3) is 0.455. The highest BCUT2D eigenvalue weighted by atomic mass is 35.5. The van der Waals surface area contributed by atoms with Gasteiger partial charge >= 0.3 is 5.97 Å². The average Bonchev–Trinajstić information content (AvgIpc) is 2.28. The predicted molar refractivity (Wildman–Crippen MR) is 59.1 cm³/mol. The fourth-order valence-corrected chi connectivity index (χ4v) is 1.47. The van der Waals surface area contributed by atoms with E-state index in [0.717, 1.165) is 0 Å². The van der Waals surface area contributed by atoms with E-state index in [1.807, 2.05) is 0 Å². The van der Waals surface area contributed by atoms with Crippen LogP contribution in [0.5, 0.6) is 0 Å². The van der Waals surface area contributed by atoms with Crippen LogP contribution in [0.2, 0.25) is 0 Å². The number of halogens is 3. The van der Waals surface area contributed by atoms with E-state index in [-0.39, 0.29) is 30.3 Å². The van der Waals surface area contributed by atoms with Crippen LogP contribution in [0.25, 0.3) is 0 Å². The van der Waals surface area contributed by atoms with E-state index < -0.39 is 12.4 Å². The van der Waals surface area contributed by atoms with Crippen LogP contribution in [-0.4, -0.2) is 17.6 Å². The molecule has 0 saturated heterocycles. The Balaban J connectivity index is 2.90. The molecule has 0 unspecified atom stereocenters. The van der Waals surface area contributed by atoms with Gasteiger partial charge in [-0.2, -0.15) is 0 Å². The minimum Gasteiger partial charge on any atom is -0.466 e. The summed E-state index contributed by atoms with van der Waals surface area (Å²) in [5, 5.41) is 0. The number of aromatic nitrogens is 1. The Bertz CT molecular complexity index is 399. The smallest absolute Gasteiger partial charge is 0.311 e. The van der Waals surface area contributed by atoms with Crippen LogP contribution in [0.15, 0.2) is 12.1 Å². The van der Waals surface area contributed by atoms with Crippen LogP contribution in [0.1, 0.15) is 30.3 Å². The van der Waals surface area contributed by atoms with Crippen molar-refractivity contribution in [1.29, 1.82) is 0 Å². The van der Waals surface area contributed by atoms with Crippen molar-refractivity contribution in [3.8, 4) is 0 Å². The molecule has 0 radical (unpaired) electrons. The molecule has 1 rings (SSSR count). The van der Waals surface area contributed by atoms with Gasteiger partial charge in [0.15, 0.2) is 0 Å². The van der Waals surface area contributed by atoms with Gasteiger partial charge in [0.05, 0.1) is 18.7 Å². The first-order valence-electron chi connectivity index (χ1n) is 5.06. The van der Waals surface area contributed by atoms with Crippen molar-refractivity contribution in [2.45, 2.75) is 25.7 Å². The highest BCUT2D eigenvalue weighted by molar-refractivity contribution is 6.17. The van der Waals surface area contributed by atoms with E-state index in [4.69, 9.17) is 16.3 Å². The largest absolute Gasteiger partial charge is 0.466 e. The molecule has 0 amide bonds. The van der Waals surface area contributed by atoms with Crippen molar-refractivity contribution in [1.82, 2.24) is 4.98 Å². The lowest BCUT2D eigenvalue weighted by Gasteiger charge is -2.06. The Labute approximate surface area is 103 Å². The number of hydrogen-bond acceptors (Lipinski definition) is 3. The molecule has 0 spiro atoms. The minimum atomic E-state index is -2.68. The van der Waals surface area contributed by atoms with Crippen molar-refractivity contribution >= 4 is 17.6 Å². The second-order valence-electron chi connectivity index (χ2n) is 3.31. The first-order chi connectivity index (χ1) is 8.06. The Morgan fingerprint density at radius 2 is 2.24 bits per heavy atom. The number of esters is 1. The molecule has 0 fully saturated rings. The van der Waals surface area contributed by atoms with Gasteiger partial charge in [-0.1, -0.05) is 0 Å². The topological polar surface area (TPSA) is 39.2 Å². The zero-order valence-corrected chi connectivity index (χ0v) is 10.0. The third-order valence-corrected chi connectivity index (χ3v) is 2.28. The minimum absolute atomic E-state index is 0.0953. The summed E-state index contributed by atoms with van der Waals surface area (Å²) < 4.78 is 29.8. The lowest BCUT2D eigenvalue weighted by molar-refractivity contribution is -0.142. The first kappa shape index (κ1) is 13.8. The van der Waals surface area contributed by atoms with Crippen LogP contribution in [0.3, 0.4) is 0 Å². The van der Waals surface area contributed by atoms with Crippen LogP contribution in [0, 0.1) is 0 Å². The number of hydrogen-bond donors (Lipinski definition) is 0. The maximum absolute atomic E-state index is 12.5. The summed E-state index contributed by atoms with van der Waals surface area (Å²) in [7, 11) is 0. The van der Waals surface area contributed by atoms with Gasteiger partial charge < -0.3 is 4.74 Å². The van der Waals surface area contributed by atoms with Crippen LogP contribution in [-0.2, 0) is 21.8 Å². The summed E-state index contributed by atoms with van der Waals surface area (Å²) in [6.07, 6.45) is -2.81. The molecule has 0 aliphatic heterocycles. The summed E-state index contributed by atoms with van der Waals surface area (Å²) in [4.78, 5) is 14.9. The van der Waals surface area contributed by atoms with Crippen molar-refractivity contribution in [3.63, 3.8) is 0 Å². The third kappa shape index (κ3) is 4.26. The Kier molecular flexibility index (Phi) is 5.28. The lowest BCUT2D eigenvalue weighted by Crippen LogP contribution is -2.10. The summed E-state index contributed by atoms with van der Waals surface area (Å²) in [6.45, 7) is 1.92. The van der Waals surface area contributed by atoms with Gasteiger partial charge in [-0.25, -0.2) is 8.78 Å². The molecule has 94 valence electrons. The average molecular weight is 264 g/mol. The van der Waals surface area contributed by atoms with Crippen molar-refractivity contribution in [3.05, 3.63) is 29.1 Å². The van der Waals surface area contributed by atoms with E-state index in [1.165, 1.54) is 12.1 Å². The monoisotopic (exact) mass is 263 g/mol.